The first-order chi connectivity index (χ1) is 18.1. The molecule has 0 spiro atoms. The van der Waals surface area contributed by atoms with Crippen LogP contribution in [0, 0.1) is 0 Å². The van der Waals surface area contributed by atoms with Crippen molar-refractivity contribution in [3.05, 3.63) is 83.9 Å². The Labute approximate surface area is 215 Å². The third kappa shape index (κ3) is 5.05. The molecule has 188 valence electrons. The van der Waals surface area contributed by atoms with Gasteiger partial charge in [0.2, 0.25) is 0 Å². The largest absolute Gasteiger partial charge is 0.458 e. The summed E-state index contributed by atoms with van der Waals surface area (Å²) in [6.07, 6.45) is 1.97. The van der Waals surface area contributed by atoms with Gasteiger partial charge in [-0.15, -0.1) is 0 Å². The molecule has 0 saturated carbocycles. The molecule has 0 unspecified atom stereocenters. The molecule has 0 aliphatic carbocycles. The van der Waals surface area contributed by atoms with Gasteiger partial charge in [0, 0.05) is 17.5 Å². The molecule has 1 aliphatic rings. The molecular weight excluding hydrogens is 468 g/mol. The van der Waals surface area contributed by atoms with Crippen LogP contribution in [0.3, 0.4) is 0 Å². The number of ether oxygens (including phenoxy) is 3. The molecule has 0 saturated heterocycles. The molecule has 0 amide bonds. The number of rotatable bonds is 5. The van der Waals surface area contributed by atoms with Crippen molar-refractivity contribution in [2.45, 2.75) is 38.7 Å². The van der Waals surface area contributed by atoms with Gasteiger partial charge in [0.25, 0.3) is 0 Å². The first kappa shape index (κ1) is 24.5. The minimum absolute atomic E-state index is 0.213. The Balaban J connectivity index is 1.64. The van der Waals surface area contributed by atoms with Crippen LogP contribution >= 0.6 is 0 Å². The number of cyclic esters (lactones) is 2. The Morgan fingerprint density at radius 3 is 1.78 bits per heavy atom. The average molecular weight is 497 g/mol. The molecule has 0 N–H and O–H groups in total. The van der Waals surface area contributed by atoms with Gasteiger partial charge >= 0.3 is 17.9 Å². The maximum Gasteiger partial charge on any atom is 0.338 e. The highest BCUT2D eigenvalue weighted by Crippen LogP contribution is 2.40. The number of fused-ring (bicyclic) bond motifs is 7. The lowest BCUT2D eigenvalue weighted by Gasteiger charge is -2.18. The van der Waals surface area contributed by atoms with Gasteiger partial charge in [-0.2, -0.15) is 0 Å². The van der Waals surface area contributed by atoms with E-state index in [4.69, 9.17) is 14.2 Å². The average Bonchev–Trinajstić information content (AvgIpc) is 2.94. The summed E-state index contributed by atoms with van der Waals surface area (Å²) in [5.41, 5.74) is 1.89. The maximum absolute atomic E-state index is 13.5. The monoisotopic (exact) mass is 496 g/mol. The molecule has 0 atom stereocenters. The zero-order valence-corrected chi connectivity index (χ0v) is 20.7. The number of carbonyl (C=O) groups is 3. The van der Waals surface area contributed by atoms with Crippen LogP contribution in [0.25, 0.3) is 32.7 Å². The lowest BCUT2D eigenvalue weighted by Crippen LogP contribution is -2.30. The van der Waals surface area contributed by atoms with E-state index in [1.54, 1.807) is 12.1 Å². The fourth-order valence-electron chi connectivity index (χ4n) is 4.80. The Morgan fingerprint density at radius 2 is 1.27 bits per heavy atom. The van der Waals surface area contributed by atoms with Crippen LogP contribution < -0.4 is 0 Å². The highest BCUT2D eigenvalue weighted by molar-refractivity contribution is 6.17. The van der Waals surface area contributed by atoms with Crippen LogP contribution in [0.1, 0.15) is 53.3 Å². The van der Waals surface area contributed by atoms with E-state index in [0.29, 0.717) is 28.7 Å². The highest BCUT2D eigenvalue weighted by atomic mass is 16.6. The fourth-order valence-corrected chi connectivity index (χ4v) is 4.80. The minimum Gasteiger partial charge on any atom is -0.458 e. The van der Waals surface area contributed by atoms with Crippen LogP contribution in [0.2, 0.25) is 0 Å². The SMILES string of the molecule is CCCCCC(=O)OC1COC(=O)c2ccc3ccccc3c2-c2c(ccc3ccccc23)C(=O)OC1. The van der Waals surface area contributed by atoms with Gasteiger partial charge in [-0.05, 0) is 40.1 Å². The minimum atomic E-state index is -0.895. The summed E-state index contributed by atoms with van der Waals surface area (Å²) in [6, 6.07) is 22.6. The molecule has 6 nitrogen and oxygen atoms in total. The van der Waals surface area contributed by atoms with E-state index >= 15 is 0 Å². The van der Waals surface area contributed by atoms with Gasteiger partial charge in [0.1, 0.15) is 13.2 Å². The Morgan fingerprint density at radius 1 is 0.757 bits per heavy atom. The quantitative estimate of drug-likeness (QED) is 0.179. The number of hydrogen-bond donors (Lipinski definition) is 0. The van der Waals surface area contributed by atoms with Crippen molar-refractivity contribution in [1.82, 2.24) is 0 Å². The molecule has 0 bridgehead atoms. The van der Waals surface area contributed by atoms with Crippen LogP contribution in [-0.2, 0) is 19.0 Å². The van der Waals surface area contributed by atoms with Gasteiger partial charge < -0.3 is 14.2 Å². The van der Waals surface area contributed by atoms with Gasteiger partial charge in [0.05, 0.1) is 11.1 Å². The summed E-state index contributed by atoms with van der Waals surface area (Å²) in [5, 5.41) is 3.49. The van der Waals surface area contributed by atoms with E-state index in [2.05, 4.69) is 6.92 Å². The molecule has 0 radical (unpaired) electrons. The van der Waals surface area contributed by atoms with E-state index < -0.39 is 24.0 Å². The number of esters is 3. The van der Waals surface area contributed by atoms with E-state index in [-0.39, 0.29) is 19.6 Å². The van der Waals surface area contributed by atoms with Crippen molar-refractivity contribution in [2.24, 2.45) is 0 Å². The van der Waals surface area contributed by atoms with Crippen molar-refractivity contribution < 1.29 is 28.6 Å². The summed E-state index contributed by atoms with van der Waals surface area (Å²) in [7, 11) is 0. The Kier molecular flexibility index (Phi) is 7.17. The molecule has 1 heterocycles. The Bertz CT molecular complexity index is 1390. The summed E-state index contributed by atoms with van der Waals surface area (Å²) < 4.78 is 16.8. The van der Waals surface area contributed by atoms with Gasteiger partial charge in [0.15, 0.2) is 6.10 Å². The smallest absolute Gasteiger partial charge is 0.338 e. The van der Waals surface area contributed by atoms with Crippen molar-refractivity contribution in [3.8, 4) is 11.1 Å². The first-order valence-corrected chi connectivity index (χ1v) is 12.6. The molecule has 0 aromatic heterocycles. The summed E-state index contributed by atoms with van der Waals surface area (Å²) in [6.45, 7) is 1.63. The van der Waals surface area contributed by atoms with Crippen molar-refractivity contribution in [2.75, 3.05) is 13.2 Å². The number of hydrogen-bond acceptors (Lipinski definition) is 6. The summed E-state index contributed by atoms with van der Waals surface area (Å²) in [5.74, 6) is -1.51. The lowest BCUT2D eigenvalue weighted by molar-refractivity contribution is -0.153. The van der Waals surface area contributed by atoms with E-state index in [1.165, 1.54) is 0 Å². The zero-order valence-electron chi connectivity index (χ0n) is 20.7. The lowest BCUT2D eigenvalue weighted by atomic mass is 9.87. The second kappa shape index (κ2) is 10.8. The predicted octanol–water partition coefficient (Wildman–Crippen LogP) is 6.48. The normalized spacial score (nSPS) is 14.3. The topological polar surface area (TPSA) is 78.9 Å². The van der Waals surface area contributed by atoms with E-state index in [0.717, 1.165) is 34.4 Å². The van der Waals surface area contributed by atoms with Gasteiger partial charge in [-0.1, -0.05) is 80.4 Å². The van der Waals surface area contributed by atoms with Crippen LogP contribution in [0.5, 0.6) is 0 Å². The number of carbonyl (C=O) groups excluding carboxylic acids is 3. The predicted molar refractivity (Wildman–Crippen MR) is 141 cm³/mol. The molecule has 37 heavy (non-hydrogen) atoms. The fraction of sp³-hybridized carbons (Fsp3) is 0.258. The molecule has 4 aromatic rings. The standard InChI is InChI=1S/C31H28O6/c1-2-3-4-13-27(32)37-22-18-35-30(33)25-16-14-20-9-5-7-11-23(20)28(25)29-24-12-8-6-10-21(24)15-17-26(29)31(34)36-19-22/h5-12,14-17,22H,2-4,13,18-19H2,1H3. The van der Waals surface area contributed by atoms with Crippen molar-refractivity contribution >= 4 is 39.5 Å². The summed E-state index contributed by atoms with van der Waals surface area (Å²) in [4.78, 5) is 39.3. The molecule has 1 aliphatic heterocycles. The number of benzene rings is 4. The van der Waals surface area contributed by atoms with Crippen molar-refractivity contribution in [1.29, 1.82) is 0 Å². The molecule has 0 fully saturated rings. The second-order valence-corrected chi connectivity index (χ2v) is 9.18. The first-order valence-electron chi connectivity index (χ1n) is 12.6. The molecule has 5 rings (SSSR count). The van der Waals surface area contributed by atoms with E-state index in [1.807, 2.05) is 60.7 Å². The van der Waals surface area contributed by atoms with Crippen molar-refractivity contribution in [3.63, 3.8) is 0 Å². The van der Waals surface area contributed by atoms with E-state index in [9.17, 15) is 14.4 Å². The zero-order chi connectivity index (χ0) is 25.8. The third-order valence-electron chi connectivity index (χ3n) is 6.63. The second-order valence-electron chi connectivity index (χ2n) is 9.18. The Hall–Kier alpha value is -4.19. The number of unbranched alkanes of at least 4 members (excludes halogenated alkanes) is 2. The molecular formula is C31H28O6. The van der Waals surface area contributed by atoms with Crippen LogP contribution in [0.4, 0.5) is 0 Å². The summed E-state index contributed by atoms with van der Waals surface area (Å²) >= 11 is 0. The maximum atomic E-state index is 13.5. The third-order valence-corrected chi connectivity index (χ3v) is 6.63. The molecule has 6 heteroatoms. The van der Waals surface area contributed by atoms with Gasteiger partial charge in [-0.25, -0.2) is 9.59 Å². The molecule has 4 aromatic carbocycles. The highest BCUT2D eigenvalue weighted by Gasteiger charge is 2.28. The van der Waals surface area contributed by atoms with Gasteiger partial charge in [-0.3, -0.25) is 4.79 Å². The van der Waals surface area contributed by atoms with Crippen LogP contribution in [0.15, 0.2) is 72.8 Å². The van der Waals surface area contributed by atoms with Crippen LogP contribution in [-0.4, -0.2) is 37.2 Å².